The topological polar surface area (TPSA) is 63.5 Å². The molecule has 2 aromatic heterocycles. The fourth-order valence-corrected chi connectivity index (χ4v) is 2.27. The number of nitrogens with two attached hydrogens (primary N) is 1. The average Bonchev–Trinajstić information content (AvgIpc) is 2.85. The Morgan fingerprint density at radius 3 is 2.63 bits per heavy atom. The predicted molar refractivity (Wildman–Crippen MR) is 74.0 cm³/mol. The van der Waals surface area contributed by atoms with Gasteiger partial charge in [-0.1, -0.05) is 18.2 Å². The quantitative estimate of drug-likeness (QED) is 0.751. The number of hydrogen-bond donors (Lipinski definition) is 2. The minimum Gasteiger partial charge on any atom is -0.508 e. The van der Waals surface area contributed by atoms with Gasteiger partial charge in [-0.05, 0) is 29.8 Å². The molecule has 0 saturated carbocycles. The lowest BCUT2D eigenvalue weighted by atomic mass is 10.1. The number of fused-ring (bicyclic) bond motifs is 1. The summed E-state index contributed by atoms with van der Waals surface area (Å²) in [5.41, 5.74) is 8.98. The first-order chi connectivity index (χ1) is 9.28. The van der Waals surface area contributed by atoms with Crippen molar-refractivity contribution < 1.29 is 5.11 Å². The summed E-state index contributed by atoms with van der Waals surface area (Å²) in [6.07, 6.45) is 2.57. The van der Waals surface area contributed by atoms with Crippen LogP contribution < -0.4 is 5.73 Å². The summed E-state index contributed by atoms with van der Waals surface area (Å²) in [6, 6.07) is 13.2. The van der Waals surface area contributed by atoms with E-state index in [2.05, 4.69) is 9.38 Å². The van der Waals surface area contributed by atoms with Crippen LogP contribution in [0.15, 0.2) is 48.7 Å². The Labute approximate surface area is 111 Å². The number of nitrogens with zero attached hydrogens (tertiary/aromatic N) is 2. The van der Waals surface area contributed by atoms with Crippen LogP contribution in [0.1, 0.15) is 17.1 Å². The Balaban J connectivity index is 2.03. The van der Waals surface area contributed by atoms with Crippen LogP contribution in [0.2, 0.25) is 0 Å². The van der Waals surface area contributed by atoms with E-state index in [1.807, 2.05) is 36.5 Å². The van der Waals surface area contributed by atoms with Crippen LogP contribution in [0.3, 0.4) is 0 Å². The third kappa shape index (κ3) is 2.18. The summed E-state index contributed by atoms with van der Waals surface area (Å²) in [5, 5.41) is 9.30. The number of phenolic OH excluding ortho intramolecular Hbond substituents is 1. The van der Waals surface area contributed by atoms with Crippen LogP contribution in [0.25, 0.3) is 5.52 Å². The maximum absolute atomic E-state index is 9.30. The van der Waals surface area contributed by atoms with Crippen molar-refractivity contribution in [3.05, 3.63) is 65.7 Å². The van der Waals surface area contributed by atoms with E-state index in [9.17, 15) is 5.11 Å². The van der Waals surface area contributed by atoms with Gasteiger partial charge >= 0.3 is 0 Å². The van der Waals surface area contributed by atoms with Crippen molar-refractivity contribution in [3.8, 4) is 5.75 Å². The predicted octanol–water partition coefficient (Wildman–Crippen LogP) is 2.09. The molecule has 0 bridgehead atoms. The summed E-state index contributed by atoms with van der Waals surface area (Å²) in [4.78, 5) is 4.47. The Bertz CT molecular complexity index is 701. The number of aromatic nitrogens is 2. The van der Waals surface area contributed by atoms with Gasteiger partial charge in [-0.15, -0.1) is 0 Å². The first kappa shape index (κ1) is 11.7. The summed E-state index contributed by atoms with van der Waals surface area (Å²) in [6.45, 7) is 0.482. The van der Waals surface area contributed by atoms with Crippen molar-refractivity contribution >= 4 is 5.52 Å². The van der Waals surface area contributed by atoms with Crippen LogP contribution in [-0.4, -0.2) is 14.5 Å². The highest BCUT2D eigenvalue weighted by Crippen LogP contribution is 2.16. The van der Waals surface area contributed by atoms with Crippen molar-refractivity contribution in [1.29, 1.82) is 0 Å². The molecule has 0 aliphatic heterocycles. The van der Waals surface area contributed by atoms with Crippen LogP contribution in [0, 0.1) is 0 Å². The van der Waals surface area contributed by atoms with Crippen LogP contribution in [0.4, 0.5) is 0 Å². The number of rotatable bonds is 3. The number of aromatic hydroxyl groups is 1. The third-order valence-corrected chi connectivity index (χ3v) is 3.21. The highest BCUT2D eigenvalue weighted by molar-refractivity contribution is 5.48. The second kappa shape index (κ2) is 4.74. The molecule has 0 fully saturated rings. The first-order valence-corrected chi connectivity index (χ1v) is 6.20. The van der Waals surface area contributed by atoms with Crippen LogP contribution >= 0.6 is 0 Å². The fourth-order valence-electron chi connectivity index (χ4n) is 2.27. The Morgan fingerprint density at radius 2 is 1.89 bits per heavy atom. The molecule has 3 rings (SSSR count). The zero-order valence-corrected chi connectivity index (χ0v) is 10.5. The third-order valence-electron chi connectivity index (χ3n) is 3.21. The van der Waals surface area contributed by atoms with E-state index < -0.39 is 0 Å². The normalized spacial score (nSPS) is 11.0. The van der Waals surface area contributed by atoms with E-state index in [-0.39, 0.29) is 5.75 Å². The monoisotopic (exact) mass is 253 g/mol. The van der Waals surface area contributed by atoms with Gasteiger partial charge in [0.1, 0.15) is 11.6 Å². The lowest BCUT2D eigenvalue weighted by molar-refractivity contribution is 0.475. The van der Waals surface area contributed by atoms with Gasteiger partial charge in [0.05, 0.1) is 11.7 Å². The van der Waals surface area contributed by atoms with Crippen molar-refractivity contribution in [2.75, 3.05) is 0 Å². The SMILES string of the molecule is NCc1cccc2cnc(Cc3ccc(O)cc3)n12. The summed E-state index contributed by atoms with van der Waals surface area (Å²) in [7, 11) is 0. The summed E-state index contributed by atoms with van der Waals surface area (Å²) in [5.74, 6) is 1.24. The molecule has 3 N–H and O–H groups in total. The number of benzene rings is 1. The molecule has 4 nitrogen and oxygen atoms in total. The molecule has 3 aromatic rings. The molecular weight excluding hydrogens is 238 g/mol. The zero-order chi connectivity index (χ0) is 13.2. The standard InChI is InChI=1S/C15H15N3O/c16-9-12-2-1-3-13-10-17-15(18(12)13)8-11-4-6-14(19)7-5-11/h1-7,10,19H,8-9,16H2. The minimum absolute atomic E-state index is 0.277. The second-order valence-electron chi connectivity index (χ2n) is 4.50. The zero-order valence-electron chi connectivity index (χ0n) is 10.5. The lowest BCUT2D eigenvalue weighted by Gasteiger charge is -2.07. The van der Waals surface area contributed by atoms with Crippen LogP contribution in [0.5, 0.6) is 5.75 Å². The first-order valence-electron chi connectivity index (χ1n) is 6.20. The number of hydrogen-bond acceptors (Lipinski definition) is 3. The number of imidazole rings is 1. The number of phenols is 1. The molecule has 0 atom stereocenters. The average molecular weight is 253 g/mol. The maximum Gasteiger partial charge on any atom is 0.117 e. The molecule has 0 amide bonds. The van der Waals surface area contributed by atoms with E-state index >= 15 is 0 Å². The van der Waals surface area contributed by atoms with Gasteiger partial charge in [0.2, 0.25) is 0 Å². The van der Waals surface area contributed by atoms with Gasteiger partial charge < -0.3 is 10.8 Å². The van der Waals surface area contributed by atoms with Gasteiger partial charge in [0.15, 0.2) is 0 Å². The Kier molecular flexibility index (Phi) is 2.93. The molecule has 1 aromatic carbocycles. The molecule has 19 heavy (non-hydrogen) atoms. The number of pyridine rings is 1. The second-order valence-corrected chi connectivity index (χ2v) is 4.50. The van der Waals surface area contributed by atoms with Crippen molar-refractivity contribution in [1.82, 2.24) is 9.38 Å². The fraction of sp³-hybridized carbons (Fsp3) is 0.133. The van der Waals surface area contributed by atoms with Gasteiger partial charge in [-0.25, -0.2) is 4.98 Å². The molecule has 0 aliphatic carbocycles. The molecule has 2 heterocycles. The van der Waals surface area contributed by atoms with E-state index in [1.54, 1.807) is 12.1 Å². The minimum atomic E-state index is 0.277. The van der Waals surface area contributed by atoms with Gasteiger partial charge in [0, 0.05) is 18.7 Å². The van der Waals surface area contributed by atoms with E-state index in [0.29, 0.717) is 13.0 Å². The molecule has 0 unspecified atom stereocenters. The maximum atomic E-state index is 9.30. The van der Waals surface area contributed by atoms with Crippen molar-refractivity contribution in [3.63, 3.8) is 0 Å². The van der Waals surface area contributed by atoms with E-state index in [0.717, 1.165) is 22.6 Å². The Hall–Kier alpha value is -2.33. The molecule has 96 valence electrons. The van der Waals surface area contributed by atoms with Gasteiger partial charge in [0.25, 0.3) is 0 Å². The molecule has 0 radical (unpaired) electrons. The lowest BCUT2D eigenvalue weighted by Crippen LogP contribution is -2.06. The summed E-state index contributed by atoms with van der Waals surface area (Å²) >= 11 is 0. The van der Waals surface area contributed by atoms with Gasteiger partial charge in [-0.3, -0.25) is 4.40 Å². The van der Waals surface area contributed by atoms with Crippen molar-refractivity contribution in [2.45, 2.75) is 13.0 Å². The highest BCUT2D eigenvalue weighted by atomic mass is 16.3. The smallest absolute Gasteiger partial charge is 0.117 e. The van der Waals surface area contributed by atoms with E-state index in [1.165, 1.54) is 0 Å². The van der Waals surface area contributed by atoms with E-state index in [4.69, 9.17) is 5.73 Å². The molecule has 0 saturated heterocycles. The summed E-state index contributed by atoms with van der Waals surface area (Å²) < 4.78 is 2.09. The largest absolute Gasteiger partial charge is 0.508 e. The molecule has 4 heteroatoms. The van der Waals surface area contributed by atoms with Crippen molar-refractivity contribution in [2.24, 2.45) is 5.73 Å². The molecular formula is C15H15N3O. The van der Waals surface area contributed by atoms with Gasteiger partial charge in [-0.2, -0.15) is 0 Å². The highest BCUT2D eigenvalue weighted by Gasteiger charge is 2.07. The Morgan fingerprint density at radius 1 is 1.11 bits per heavy atom. The molecule has 0 aliphatic rings. The molecule has 0 spiro atoms. The van der Waals surface area contributed by atoms with Crippen LogP contribution in [-0.2, 0) is 13.0 Å².